The van der Waals surface area contributed by atoms with Gasteiger partial charge in [0.2, 0.25) is 0 Å². The predicted octanol–water partition coefficient (Wildman–Crippen LogP) is 2.64. The van der Waals surface area contributed by atoms with Gasteiger partial charge in [0.15, 0.2) is 0 Å². The number of rotatable bonds is 6. The van der Waals surface area contributed by atoms with Gasteiger partial charge in [-0.25, -0.2) is 0 Å². The maximum Gasteiger partial charge on any atom is 0.00939 e. The lowest BCUT2D eigenvalue weighted by Gasteiger charge is -2.38. The highest BCUT2D eigenvalue weighted by atomic mass is 15.2. The van der Waals surface area contributed by atoms with Gasteiger partial charge in [-0.3, -0.25) is 0 Å². The minimum Gasteiger partial charge on any atom is -0.314 e. The Hall–Kier alpha value is -0.0800. The van der Waals surface area contributed by atoms with Gasteiger partial charge in [-0.1, -0.05) is 19.8 Å². The Morgan fingerprint density at radius 3 is 2.69 bits per heavy atom. The van der Waals surface area contributed by atoms with Crippen LogP contribution in [0.25, 0.3) is 0 Å². The van der Waals surface area contributed by atoms with Gasteiger partial charge in [0, 0.05) is 12.1 Å². The first-order valence-corrected chi connectivity index (χ1v) is 7.27. The van der Waals surface area contributed by atoms with Crippen LogP contribution in [0.4, 0.5) is 0 Å². The van der Waals surface area contributed by atoms with Crippen molar-refractivity contribution in [3.8, 4) is 0 Å². The van der Waals surface area contributed by atoms with Crippen molar-refractivity contribution in [1.82, 2.24) is 10.2 Å². The molecular formula is C14H28N2. The average molecular weight is 224 g/mol. The zero-order valence-corrected chi connectivity index (χ0v) is 11.0. The molecule has 2 heteroatoms. The standard InChI is InChI=1S/C14H28N2/c1-3-15-14-8-10-16(12(2)11-14)9-4-5-13-6-7-13/h12-15H,3-11H2,1-2H3. The molecule has 0 bridgehead atoms. The SMILES string of the molecule is CCNC1CCN(CCCC2CC2)C(C)C1. The first kappa shape index (κ1) is 12.4. The first-order valence-electron chi connectivity index (χ1n) is 7.27. The molecule has 1 N–H and O–H groups in total. The third-order valence-corrected chi connectivity index (χ3v) is 4.26. The molecule has 0 amide bonds. The molecular weight excluding hydrogens is 196 g/mol. The predicted molar refractivity (Wildman–Crippen MR) is 69.7 cm³/mol. The van der Waals surface area contributed by atoms with Crippen molar-refractivity contribution in [2.75, 3.05) is 19.6 Å². The lowest BCUT2D eigenvalue weighted by atomic mass is 9.98. The maximum atomic E-state index is 3.59. The van der Waals surface area contributed by atoms with Crippen molar-refractivity contribution in [2.24, 2.45) is 5.92 Å². The summed E-state index contributed by atoms with van der Waals surface area (Å²) in [6, 6.07) is 1.57. The zero-order chi connectivity index (χ0) is 11.4. The van der Waals surface area contributed by atoms with Crippen LogP contribution in [0, 0.1) is 5.92 Å². The fourth-order valence-corrected chi connectivity index (χ4v) is 3.02. The second-order valence-corrected chi connectivity index (χ2v) is 5.75. The van der Waals surface area contributed by atoms with E-state index >= 15 is 0 Å². The monoisotopic (exact) mass is 224 g/mol. The van der Waals surface area contributed by atoms with Crippen molar-refractivity contribution in [1.29, 1.82) is 0 Å². The van der Waals surface area contributed by atoms with Crippen molar-refractivity contribution >= 4 is 0 Å². The van der Waals surface area contributed by atoms with Crippen molar-refractivity contribution in [3.63, 3.8) is 0 Å². The minimum atomic E-state index is 0.777. The summed E-state index contributed by atoms with van der Waals surface area (Å²) in [5, 5.41) is 3.59. The fraction of sp³-hybridized carbons (Fsp3) is 1.00. The van der Waals surface area contributed by atoms with Gasteiger partial charge in [-0.2, -0.15) is 0 Å². The lowest BCUT2D eigenvalue weighted by molar-refractivity contribution is 0.134. The van der Waals surface area contributed by atoms with E-state index in [9.17, 15) is 0 Å². The molecule has 1 heterocycles. The summed E-state index contributed by atoms with van der Waals surface area (Å²) in [4.78, 5) is 2.70. The van der Waals surface area contributed by atoms with E-state index < -0.39 is 0 Å². The first-order chi connectivity index (χ1) is 7.79. The van der Waals surface area contributed by atoms with Gasteiger partial charge in [-0.05, 0) is 58.2 Å². The van der Waals surface area contributed by atoms with Gasteiger partial charge in [-0.15, -0.1) is 0 Å². The third-order valence-electron chi connectivity index (χ3n) is 4.26. The molecule has 1 saturated carbocycles. The van der Waals surface area contributed by atoms with E-state index in [4.69, 9.17) is 0 Å². The van der Waals surface area contributed by atoms with E-state index in [1.165, 1.54) is 51.6 Å². The van der Waals surface area contributed by atoms with Gasteiger partial charge >= 0.3 is 0 Å². The Morgan fingerprint density at radius 1 is 1.25 bits per heavy atom. The third kappa shape index (κ3) is 3.74. The molecule has 2 atom stereocenters. The lowest BCUT2D eigenvalue weighted by Crippen LogP contribution is -2.47. The number of nitrogens with one attached hydrogen (secondary N) is 1. The molecule has 2 aliphatic rings. The van der Waals surface area contributed by atoms with E-state index in [1.54, 1.807) is 0 Å². The number of likely N-dealkylation sites (tertiary alicyclic amines) is 1. The largest absolute Gasteiger partial charge is 0.314 e. The quantitative estimate of drug-likeness (QED) is 0.746. The molecule has 0 aromatic carbocycles. The van der Waals surface area contributed by atoms with Gasteiger partial charge in [0.25, 0.3) is 0 Å². The molecule has 1 aliphatic heterocycles. The van der Waals surface area contributed by atoms with E-state index in [0.717, 1.165) is 24.5 Å². The summed E-state index contributed by atoms with van der Waals surface area (Å²) in [5.41, 5.74) is 0. The van der Waals surface area contributed by atoms with Crippen LogP contribution in [0.3, 0.4) is 0 Å². The molecule has 2 rings (SSSR count). The van der Waals surface area contributed by atoms with E-state index in [0.29, 0.717) is 0 Å². The highest BCUT2D eigenvalue weighted by Gasteiger charge is 2.25. The number of hydrogen-bond acceptors (Lipinski definition) is 2. The number of hydrogen-bond donors (Lipinski definition) is 1. The molecule has 94 valence electrons. The van der Waals surface area contributed by atoms with Gasteiger partial charge < -0.3 is 10.2 Å². The normalized spacial score (nSPS) is 31.9. The zero-order valence-electron chi connectivity index (χ0n) is 11.0. The second kappa shape index (κ2) is 6.02. The number of piperidine rings is 1. The maximum absolute atomic E-state index is 3.59. The summed E-state index contributed by atoms with van der Waals surface area (Å²) < 4.78 is 0. The molecule has 0 aromatic rings. The molecule has 2 unspecified atom stereocenters. The Morgan fingerprint density at radius 2 is 2.06 bits per heavy atom. The van der Waals surface area contributed by atoms with Crippen molar-refractivity contribution in [2.45, 2.75) is 64.5 Å². The van der Waals surface area contributed by atoms with E-state index in [-0.39, 0.29) is 0 Å². The summed E-state index contributed by atoms with van der Waals surface area (Å²) >= 11 is 0. The topological polar surface area (TPSA) is 15.3 Å². The molecule has 1 saturated heterocycles. The highest BCUT2D eigenvalue weighted by Crippen LogP contribution is 2.33. The second-order valence-electron chi connectivity index (χ2n) is 5.75. The molecule has 2 fully saturated rings. The summed E-state index contributed by atoms with van der Waals surface area (Å²) in [5.74, 6) is 1.11. The Labute approximate surface area is 101 Å². The van der Waals surface area contributed by atoms with Crippen LogP contribution in [0.1, 0.15) is 52.4 Å². The Balaban J connectivity index is 1.62. The van der Waals surface area contributed by atoms with Crippen LogP contribution in [-0.4, -0.2) is 36.6 Å². The van der Waals surface area contributed by atoms with Crippen molar-refractivity contribution < 1.29 is 0 Å². The summed E-state index contributed by atoms with van der Waals surface area (Å²) in [7, 11) is 0. The smallest absolute Gasteiger partial charge is 0.00939 e. The highest BCUT2D eigenvalue weighted by molar-refractivity contribution is 4.83. The van der Waals surface area contributed by atoms with Gasteiger partial charge in [0.05, 0.1) is 0 Å². The van der Waals surface area contributed by atoms with E-state index in [1.807, 2.05) is 0 Å². The summed E-state index contributed by atoms with van der Waals surface area (Å²) in [6.07, 6.45) is 8.63. The molecule has 1 aliphatic carbocycles. The van der Waals surface area contributed by atoms with Crippen molar-refractivity contribution in [3.05, 3.63) is 0 Å². The molecule has 0 spiro atoms. The van der Waals surface area contributed by atoms with Crippen LogP contribution < -0.4 is 5.32 Å². The summed E-state index contributed by atoms with van der Waals surface area (Å²) in [6.45, 7) is 8.40. The molecule has 0 aromatic heterocycles. The molecule has 0 radical (unpaired) electrons. The van der Waals surface area contributed by atoms with Crippen LogP contribution in [0.2, 0.25) is 0 Å². The Kier molecular flexibility index (Phi) is 4.66. The van der Waals surface area contributed by atoms with E-state index in [2.05, 4.69) is 24.1 Å². The van der Waals surface area contributed by atoms with Crippen LogP contribution in [0.5, 0.6) is 0 Å². The van der Waals surface area contributed by atoms with Gasteiger partial charge in [0.1, 0.15) is 0 Å². The van der Waals surface area contributed by atoms with Crippen LogP contribution in [-0.2, 0) is 0 Å². The van der Waals surface area contributed by atoms with Crippen LogP contribution >= 0.6 is 0 Å². The molecule has 16 heavy (non-hydrogen) atoms. The average Bonchev–Trinajstić information content (AvgIpc) is 3.06. The van der Waals surface area contributed by atoms with Crippen LogP contribution in [0.15, 0.2) is 0 Å². The minimum absolute atomic E-state index is 0.777. The fourth-order valence-electron chi connectivity index (χ4n) is 3.02. The molecule has 2 nitrogen and oxygen atoms in total. The number of nitrogens with zero attached hydrogens (tertiary/aromatic N) is 1. The Bertz CT molecular complexity index is 201.